The van der Waals surface area contributed by atoms with Crippen molar-refractivity contribution in [3.05, 3.63) is 72.4 Å². The summed E-state index contributed by atoms with van der Waals surface area (Å²) < 4.78 is 0. The smallest absolute Gasteiger partial charge is 0.267 e. The average Bonchev–Trinajstić information content (AvgIpc) is 3.20. The van der Waals surface area contributed by atoms with Gasteiger partial charge in [0, 0.05) is 24.5 Å². The zero-order valence-electron chi connectivity index (χ0n) is 15.8. The molecule has 146 valence electrons. The van der Waals surface area contributed by atoms with Crippen molar-refractivity contribution in [1.29, 1.82) is 0 Å². The maximum absolute atomic E-state index is 12.6. The SMILES string of the molecule is NC(=O)C1CC(C(=O)NCCc2cccc3cccnc23)=NN1c1ccccc1. The second-order valence-electron chi connectivity index (χ2n) is 6.85. The first-order valence-corrected chi connectivity index (χ1v) is 9.45. The summed E-state index contributed by atoms with van der Waals surface area (Å²) in [6, 6.07) is 18.5. The fourth-order valence-electron chi connectivity index (χ4n) is 3.47. The lowest BCUT2D eigenvalue weighted by molar-refractivity contribution is -0.119. The fourth-order valence-corrected chi connectivity index (χ4v) is 3.47. The lowest BCUT2D eigenvalue weighted by atomic mass is 10.1. The van der Waals surface area contributed by atoms with E-state index in [-0.39, 0.29) is 12.3 Å². The number of nitrogens with two attached hydrogens (primary N) is 1. The van der Waals surface area contributed by atoms with Crippen LogP contribution in [-0.2, 0) is 16.0 Å². The number of primary amides is 1. The van der Waals surface area contributed by atoms with Crippen LogP contribution in [-0.4, -0.2) is 35.1 Å². The number of fused-ring (bicyclic) bond motifs is 1. The third-order valence-electron chi connectivity index (χ3n) is 4.92. The summed E-state index contributed by atoms with van der Waals surface area (Å²) in [7, 11) is 0. The molecule has 2 heterocycles. The number of nitrogens with zero attached hydrogens (tertiary/aromatic N) is 3. The molecule has 0 saturated heterocycles. The summed E-state index contributed by atoms with van der Waals surface area (Å²) in [6.07, 6.45) is 2.60. The molecule has 1 unspecified atom stereocenters. The van der Waals surface area contributed by atoms with Gasteiger partial charge in [-0.05, 0) is 30.2 Å². The molecule has 0 fully saturated rings. The number of carbonyl (C=O) groups excluding carboxylic acids is 2. The number of anilines is 1. The van der Waals surface area contributed by atoms with Gasteiger partial charge in [-0.25, -0.2) is 0 Å². The minimum absolute atomic E-state index is 0.186. The van der Waals surface area contributed by atoms with Crippen LogP contribution in [0.25, 0.3) is 10.9 Å². The van der Waals surface area contributed by atoms with Gasteiger partial charge >= 0.3 is 0 Å². The van der Waals surface area contributed by atoms with E-state index in [1.54, 1.807) is 6.20 Å². The summed E-state index contributed by atoms with van der Waals surface area (Å²) in [5.74, 6) is -0.801. The van der Waals surface area contributed by atoms with E-state index >= 15 is 0 Å². The maximum atomic E-state index is 12.6. The van der Waals surface area contributed by atoms with Crippen LogP contribution in [0.3, 0.4) is 0 Å². The number of hydrogen-bond acceptors (Lipinski definition) is 5. The quantitative estimate of drug-likeness (QED) is 0.676. The molecule has 0 radical (unpaired) electrons. The highest BCUT2D eigenvalue weighted by Gasteiger charge is 2.34. The normalized spacial score (nSPS) is 15.9. The first-order valence-electron chi connectivity index (χ1n) is 9.45. The van der Waals surface area contributed by atoms with Gasteiger partial charge in [-0.1, -0.05) is 42.5 Å². The molecule has 1 aromatic heterocycles. The lowest BCUT2D eigenvalue weighted by Gasteiger charge is -2.20. The number of rotatable bonds is 6. The minimum Gasteiger partial charge on any atom is -0.368 e. The van der Waals surface area contributed by atoms with E-state index in [9.17, 15) is 9.59 Å². The fraction of sp³-hybridized carbons (Fsp3) is 0.182. The van der Waals surface area contributed by atoms with E-state index in [1.165, 1.54) is 5.01 Å². The van der Waals surface area contributed by atoms with E-state index in [4.69, 9.17) is 5.73 Å². The Labute approximate surface area is 168 Å². The monoisotopic (exact) mass is 387 g/mol. The van der Waals surface area contributed by atoms with Crippen LogP contribution < -0.4 is 16.1 Å². The van der Waals surface area contributed by atoms with Gasteiger partial charge in [-0.2, -0.15) is 5.10 Å². The highest BCUT2D eigenvalue weighted by atomic mass is 16.2. The molecular weight excluding hydrogens is 366 g/mol. The molecule has 0 saturated carbocycles. The third-order valence-corrected chi connectivity index (χ3v) is 4.92. The number of aromatic nitrogens is 1. The molecule has 7 nitrogen and oxygen atoms in total. The molecule has 1 atom stereocenters. The van der Waals surface area contributed by atoms with Gasteiger partial charge in [-0.15, -0.1) is 0 Å². The van der Waals surface area contributed by atoms with E-state index in [0.717, 1.165) is 22.2 Å². The molecule has 1 aliphatic heterocycles. The molecule has 7 heteroatoms. The Morgan fingerprint density at radius 1 is 1.07 bits per heavy atom. The molecule has 0 bridgehead atoms. The molecule has 4 rings (SSSR count). The van der Waals surface area contributed by atoms with E-state index in [2.05, 4.69) is 15.4 Å². The lowest BCUT2D eigenvalue weighted by Crippen LogP contribution is -2.40. The Morgan fingerprint density at radius 3 is 2.66 bits per heavy atom. The topological polar surface area (TPSA) is 101 Å². The third kappa shape index (κ3) is 3.94. The van der Waals surface area contributed by atoms with Crippen molar-refractivity contribution >= 4 is 34.1 Å². The number of benzene rings is 2. The van der Waals surface area contributed by atoms with Gasteiger partial charge in [0.2, 0.25) is 5.91 Å². The molecule has 1 aliphatic rings. The summed E-state index contributed by atoms with van der Waals surface area (Å²) in [5, 5.41) is 9.84. The first-order chi connectivity index (χ1) is 14.1. The number of carbonyl (C=O) groups is 2. The molecule has 29 heavy (non-hydrogen) atoms. The van der Waals surface area contributed by atoms with Crippen LogP contribution in [0.2, 0.25) is 0 Å². The second-order valence-corrected chi connectivity index (χ2v) is 6.85. The van der Waals surface area contributed by atoms with Gasteiger partial charge in [0.1, 0.15) is 11.8 Å². The molecule has 3 aromatic rings. The van der Waals surface area contributed by atoms with E-state index in [0.29, 0.717) is 18.7 Å². The Hall–Kier alpha value is -3.74. The Morgan fingerprint density at radius 2 is 1.86 bits per heavy atom. The van der Waals surface area contributed by atoms with Gasteiger partial charge in [0.15, 0.2) is 0 Å². The summed E-state index contributed by atoms with van der Waals surface area (Å²) in [5.41, 5.74) is 8.55. The van der Waals surface area contributed by atoms with Crippen LogP contribution in [0.15, 0.2) is 72.0 Å². The minimum atomic E-state index is -0.666. The molecular formula is C22H21N5O2. The van der Waals surface area contributed by atoms with Gasteiger partial charge in [-0.3, -0.25) is 19.6 Å². The predicted molar refractivity (Wildman–Crippen MR) is 112 cm³/mol. The van der Waals surface area contributed by atoms with Gasteiger partial charge < -0.3 is 11.1 Å². The number of para-hydroxylation sites is 2. The summed E-state index contributed by atoms with van der Waals surface area (Å²) >= 11 is 0. The highest BCUT2D eigenvalue weighted by Crippen LogP contribution is 2.24. The van der Waals surface area contributed by atoms with Crippen LogP contribution >= 0.6 is 0 Å². The van der Waals surface area contributed by atoms with E-state index in [1.807, 2.05) is 60.7 Å². The van der Waals surface area contributed by atoms with Crippen LogP contribution in [0.1, 0.15) is 12.0 Å². The Bertz CT molecular complexity index is 1080. The van der Waals surface area contributed by atoms with Crippen molar-refractivity contribution in [3.63, 3.8) is 0 Å². The number of amides is 2. The maximum Gasteiger partial charge on any atom is 0.267 e. The van der Waals surface area contributed by atoms with E-state index < -0.39 is 11.9 Å². The molecule has 0 spiro atoms. The number of hydrazone groups is 1. The number of nitrogens with one attached hydrogen (secondary N) is 1. The first kappa shape index (κ1) is 18.6. The Kier molecular flexibility index (Phi) is 5.20. The summed E-state index contributed by atoms with van der Waals surface area (Å²) in [6.45, 7) is 0.445. The van der Waals surface area contributed by atoms with Crippen molar-refractivity contribution in [2.75, 3.05) is 11.6 Å². The zero-order valence-corrected chi connectivity index (χ0v) is 15.8. The molecule has 2 amide bonds. The largest absolute Gasteiger partial charge is 0.368 e. The zero-order chi connectivity index (χ0) is 20.2. The standard InChI is InChI=1S/C22H21N5O2/c23-21(28)19-14-18(26-27(19)17-9-2-1-3-10-17)22(29)25-13-11-16-7-4-6-15-8-5-12-24-20(15)16/h1-10,12,19H,11,13-14H2,(H2,23,28)(H,25,29). The van der Waals surface area contributed by atoms with Gasteiger partial charge in [0.25, 0.3) is 5.91 Å². The van der Waals surface area contributed by atoms with Crippen LogP contribution in [0, 0.1) is 0 Å². The molecule has 3 N–H and O–H groups in total. The second kappa shape index (κ2) is 8.10. The Balaban J connectivity index is 1.43. The average molecular weight is 387 g/mol. The van der Waals surface area contributed by atoms with Crippen molar-refractivity contribution in [2.45, 2.75) is 18.9 Å². The number of pyridine rings is 1. The van der Waals surface area contributed by atoms with Crippen molar-refractivity contribution in [1.82, 2.24) is 10.3 Å². The molecule has 2 aromatic carbocycles. The number of hydrogen-bond donors (Lipinski definition) is 2. The van der Waals surface area contributed by atoms with Crippen LogP contribution in [0.5, 0.6) is 0 Å². The highest BCUT2D eigenvalue weighted by molar-refractivity contribution is 6.40. The summed E-state index contributed by atoms with van der Waals surface area (Å²) in [4.78, 5) is 28.9. The van der Waals surface area contributed by atoms with Crippen molar-refractivity contribution < 1.29 is 9.59 Å². The molecule has 0 aliphatic carbocycles. The predicted octanol–water partition coefficient (Wildman–Crippen LogP) is 2.01. The van der Waals surface area contributed by atoms with Crippen molar-refractivity contribution in [3.8, 4) is 0 Å². The van der Waals surface area contributed by atoms with Crippen LogP contribution in [0.4, 0.5) is 5.69 Å². The van der Waals surface area contributed by atoms with Crippen molar-refractivity contribution in [2.24, 2.45) is 10.8 Å². The van der Waals surface area contributed by atoms with Gasteiger partial charge in [0.05, 0.1) is 11.2 Å².